The second-order valence-electron chi connectivity index (χ2n) is 23.2. The normalized spacial score (nSPS) is 52.9. The number of aliphatic hydroxyl groups excluding tert-OH is 12. The van der Waals surface area contributed by atoms with Gasteiger partial charge in [-0.05, 0) is 112 Å². The van der Waals surface area contributed by atoms with Crippen LogP contribution < -0.4 is 0 Å². The third-order valence-electron chi connectivity index (χ3n) is 18.8. The first-order valence-corrected chi connectivity index (χ1v) is 26.4. The molecule has 0 amide bonds. The van der Waals surface area contributed by atoms with Gasteiger partial charge in [0.25, 0.3) is 0 Å². The monoisotopic (exact) mass is 1030 g/mol. The summed E-state index contributed by atoms with van der Waals surface area (Å²) in [5.41, 5.74) is 2.59. The number of aliphatic hydroxyl groups is 12. The van der Waals surface area contributed by atoms with Crippen LogP contribution in [0.15, 0.2) is 23.0 Å². The van der Waals surface area contributed by atoms with E-state index in [1.54, 1.807) is 0 Å². The Bertz CT molecular complexity index is 1920. The number of allylic oxidation sites excluding steroid dienone is 2. The lowest BCUT2D eigenvalue weighted by atomic mass is 9.47. The van der Waals surface area contributed by atoms with Crippen molar-refractivity contribution < 1.29 is 104 Å². The number of hydrogen-bond donors (Lipinski definition) is 12. The van der Waals surface area contributed by atoms with E-state index in [0.29, 0.717) is 36.5 Å². The van der Waals surface area contributed by atoms with Crippen LogP contribution in [0.1, 0.15) is 99.3 Å². The van der Waals surface area contributed by atoms with Crippen LogP contribution in [-0.2, 0) is 42.6 Å². The van der Waals surface area contributed by atoms with Gasteiger partial charge < -0.3 is 104 Å². The van der Waals surface area contributed by atoms with E-state index >= 15 is 0 Å². The molecule has 412 valence electrons. The summed E-state index contributed by atoms with van der Waals surface area (Å²) >= 11 is 0. The zero-order valence-corrected chi connectivity index (χ0v) is 42.2. The Labute approximate surface area is 420 Å². The van der Waals surface area contributed by atoms with E-state index < -0.39 is 142 Å². The Morgan fingerprint density at radius 2 is 1.25 bits per heavy atom. The molecule has 29 atom stereocenters. The molecular formula is C51H82O21. The third-order valence-corrected chi connectivity index (χ3v) is 18.8. The summed E-state index contributed by atoms with van der Waals surface area (Å²) in [6.45, 7) is 11.1. The Hall–Kier alpha value is -1.52. The highest BCUT2D eigenvalue weighted by atomic mass is 16.8. The van der Waals surface area contributed by atoms with Crippen LogP contribution >= 0.6 is 0 Å². The van der Waals surface area contributed by atoms with Gasteiger partial charge in [0.1, 0.15) is 91.6 Å². The number of ether oxygens (including phenoxy) is 9. The summed E-state index contributed by atoms with van der Waals surface area (Å²) in [6, 6.07) is 0. The van der Waals surface area contributed by atoms with Gasteiger partial charge in [0.05, 0.1) is 43.9 Å². The Kier molecular flexibility index (Phi) is 16.7. The summed E-state index contributed by atoms with van der Waals surface area (Å²) in [6.07, 6.45) is -18.8. The molecule has 5 aliphatic heterocycles. The van der Waals surface area contributed by atoms with Crippen molar-refractivity contribution in [1.29, 1.82) is 0 Å². The number of fused-ring (bicyclic) bond motifs is 7. The lowest BCUT2D eigenvalue weighted by Crippen LogP contribution is -2.66. The van der Waals surface area contributed by atoms with E-state index in [2.05, 4.69) is 26.8 Å². The minimum absolute atomic E-state index is 0.0680. The van der Waals surface area contributed by atoms with E-state index in [1.165, 1.54) is 25.0 Å². The average molecular weight is 1030 g/mol. The van der Waals surface area contributed by atoms with Crippen LogP contribution in [-0.4, -0.2) is 216 Å². The maximum absolute atomic E-state index is 12.0. The average Bonchev–Trinajstić information content (AvgIpc) is 3.85. The van der Waals surface area contributed by atoms with Crippen molar-refractivity contribution in [3.63, 3.8) is 0 Å². The highest BCUT2D eigenvalue weighted by Crippen LogP contribution is 2.69. The van der Waals surface area contributed by atoms with Gasteiger partial charge in [-0.2, -0.15) is 0 Å². The van der Waals surface area contributed by atoms with Gasteiger partial charge in [-0.1, -0.05) is 32.4 Å². The van der Waals surface area contributed by atoms with Gasteiger partial charge in [-0.25, -0.2) is 0 Å². The van der Waals surface area contributed by atoms with Crippen molar-refractivity contribution in [2.75, 3.05) is 19.8 Å². The molecule has 9 aliphatic rings. The second kappa shape index (κ2) is 21.7. The van der Waals surface area contributed by atoms with Crippen LogP contribution in [0.2, 0.25) is 0 Å². The van der Waals surface area contributed by atoms with E-state index in [0.717, 1.165) is 50.7 Å². The van der Waals surface area contributed by atoms with E-state index in [4.69, 9.17) is 42.6 Å². The molecule has 12 N–H and O–H groups in total. The summed E-state index contributed by atoms with van der Waals surface area (Å²) in [5.74, 6) is 2.80. The largest absolute Gasteiger partial charge is 0.494 e. The van der Waals surface area contributed by atoms with Gasteiger partial charge in [-0.15, -0.1) is 0 Å². The second-order valence-corrected chi connectivity index (χ2v) is 23.2. The minimum Gasteiger partial charge on any atom is -0.494 e. The molecule has 21 nitrogen and oxygen atoms in total. The number of rotatable bonds is 14. The van der Waals surface area contributed by atoms with E-state index in [1.807, 2.05) is 6.92 Å². The SMILES string of the molecule is CC1=C(CC[C@@H](C)CO[C@@H]2O[C@H](CO)[C@@H](O)[C@H](O)[C@H]2O)O[C@@H]2C[C@@H]3[C@H]4CC=C5C[C@@H](O[C@@H]6O[C@H](CO)[C@@H](O[C@H]7O[C@@H](C)[C@H](O)[C@@H](O)[C@H]7O)[C@H](O)[C@H]6O[C@H]6O[C@@H](C)[C@H](O)[C@@H](O)[C@H]6O)CC[C@]5(C)[C@H]4CC[C@]3(C)[C@H]12. The number of hydrogen-bond acceptors (Lipinski definition) is 21. The molecule has 5 heterocycles. The molecule has 21 heteroatoms. The highest BCUT2D eigenvalue weighted by Gasteiger charge is 2.64. The van der Waals surface area contributed by atoms with Crippen LogP contribution in [0, 0.1) is 40.4 Å². The van der Waals surface area contributed by atoms with Crippen LogP contribution in [0.25, 0.3) is 0 Å². The van der Waals surface area contributed by atoms with Crippen LogP contribution in [0.3, 0.4) is 0 Å². The molecule has 3 saturated carbocycles. The molecule has 4 aliphatic carbocycles. The Balaban J connectivity index is 0.849. The molecule has 0 aromatic rings. The van der Waals surface area contributed by atoms with Crippen molar-refractivity contribution in [2.45, 2.75) is 234 Å². The molecule has 9 rings (SSSR count). The standard InChI is InChI=1S/C51H82O21/c1-20(19-64-46-40(60)39(59)36(56)31(17-52)69-46)7-10-29-21(2)33-30(68-29)16-28-26-9-8-24-15-25(11-13-50(24,5)27(26)12-14-51(28,33)6)67-49-45(72-48-42(62)38(58)35(55)23(4)66-48)43(63)44(32(18-53)70-49)71-47-41(61)37(57)34(54)22(3)65-47/h8,20,22-23,25-28,30-49,52-63H,7,9-19H2,1-6H3/t20-,22+,23+,25+,26+,27+,28-,30-,31-,32-,33-,34+,35+,36-,37-,38-,39+,40-,41-,42-,43+,44-,45-,46-,47-,48-,49-,50+,51+/m1/s1. The predicted octanol–water partition coefficient (Wildman–Crippen LogP) is -1.03. The third kappa shape index (κ3) is 9.90. The summed E-state index contributed by atoms with van der Waals surface area (Å²) in [4.78, 5) is 0. The Morgan fingerprint density at radius 1 is 0.653 bits per heavy atom. The molecular weight excluding hydrogens is 949 g/mol. The lowest BCUT2D eigenvalue weighted by molar-refractivity contribution is -0.388. The fourth-order valence-electron chi connectivity index (χ4n) is 14.5. The topological polar surface area (TPSA) is 326 Å². The molecule has 0 unspecified atom stereocenters. The van der Waals surface area contributed by atoms with Crippen LogP contribution in [0.5, 0.6) is 0 Å². The maximum atomic E-state index is 12.0. The summed E-state index contributed by atoms with van der Waals surface area (Å²) in [7, 11) is 0. The lowest BCUT2D eigenvalue weighted by Gasteiger charge is -2.58. The molecule has 0 aromatic heterocycles. The van der Waals surface area contributed by atoms with Crippen molar-refractivity contribution in [2.24, 2.45) is 40.4 Å². The summed E-state index contributed by atoms with van der Waals surface area (Å²) < 4.78 is 54.8. The molecule has 0 aromatic carbocycles. The van der Waals surface area contributed by atoms with Crippen molar-refractivity contribution >= 4 is 0 Å². The molecule has 4 saturated heterocycles. The zero-order chi connectivity index (χ0) is 51.9. The molecule has 0 bridgehead atoms. The van der Waals surface area contributed by atoms with Gasteiger partial charge in [0.2, 0.25) is 0 Å². The molecule has 0 radical (unpaired) electrons. The quantitative estimate of drug-likeness (QED) is 0.0926. The molecule has 0 spiro atoms. The molecule has 72 heavy (non-hydrogen) atoms. The smallest absolute Gasteiger partial charge is 0.187 e. The van der Waals surface area contributed by atoms with Crippen molar-refractivity contribution in [1.82, 2.24) is 0 Å². The first-order valence-electron chi connectivity index (χ1n) is 26.4. The van der Waals surface area contributed by atoms with Gasteiger partial charge in [0.15, 0.2) is 25.2 Å². The van der Waals surface area contributed by atoms with Crippen LogP contribution in [0.4, 0.5) is 0 Å². The zero-order valence-electron chi connectivity index (χ0n) is 42.2. The van der Waals surface area contributed by atoms with Gasteiger partial charge >= 0.3 is 0 Å². The first-order chi connectivity index (χ1) is 34.1. The van der Waals surface area contributed by atoms with E-state index in [9.17, 15) is 61.3 Å². The highest BCUT2D eigenvalue weighted by molar-refractivity contribution is 5.30. The first kappa shape index (κ1) is 55.2. The van der Waals surface area contributed by atoms with Crippen molar-refractivity contribution in [3.05, 3.63) is 23.0 Å². The fraction of sp³-hybridized carbons (Fsp3) is 0.922. The molecule has 7 fully saturated rings. The van der Waals surface area contributed by atoms with Gasteiger partial charge in [-0.3, -0.25) is 0 Å². The maximum Gasteiger partial charge on any atom is 0.187 e. The Morgan fingerprint density at radius 3 is 1.89 bits per heavy atom. The fourth-order valence-corrected chi connectivity index (χ4v) is 14.5. The van der Waals surface area contributed by atoms with Gasteiger partial charge in [0, 0.05) is 12.3 Å². The van der Waals surface area contributed by atoms with E-state index in [-0.39, 0.29) is 29.5 Å². The minimum atomic E-state index is -1.74. The van der Waals surface area contributed by atoms with Crippen molar-refractivity contribution in [3.8, 4) is 0 Å². The predicted molar refractivity (Wildman–Crippen MR) is 247 cm³/mol. The summed E-state index contributed by atoms with van der Waals surface area (Å²) in [5, 5.41) is 126.